The Morgan fingerprint density at radius 3 is 1.17 bits per heavy atom. The Bertz CT molecular complexity index is 7.51. The minimum atomic E-state index is -0.250. The van der Waals surface area contributed by atoms with E-state index in [0.29, 0.717) is 0 Å². The molecule has 0 aromatic carbocycles. The van der Waals surface area contributed by atoms with Crippen molar-refractivity contribution in [3.05, 3.63) is 0 Å². The van der Waals surface area contributed by atoms with Crippen molar-refractivity contribution in [3.63, 3.8) is 0 Å². The maximum Gasteiger partial charge on any atom is 1.00 e. The van der Waals surface area contributed by atoms with Crippen molar-refractivity contribution in [2.45, 2.75) is 0 Å². The predicted octanol–water partition coefficient (Wildman–Crippen LogP) is -3.51. The summed E-state index contributed by atoms with van der Waals surface area (Å²) in [5.41, 5.74) is 0. The van der Waals surface area contributed by atoms with Gasteiger partial charge in [0.2, 0.25) is 0 Å². The van der Waals surface area contributed by atoms with Gasteiger partial charge in [0.15, 0.2) is 12.3 Å². The zero-order valence-electron chi connectivity index (χ0n) is 3.16. The summed E-state index contributed by atoms with van der Waals surface area (Å²) in [6.07, 6.45) is 0. The predicted molar refractivity (Wildman–Crippen MR) is 15.5 cm³/mol. The van der Waals surface area contributed by atoms with Crippen molar-refractivity contribution in [3.8, 4) is 0 Å². The summed E-state index contributed by atoms with van der Waals surface area (Å²) in [5, 5.41) is 13.0. The molecule has 0 bridgehead atoms. The molecule has 0 atom stereocenters. The van der Waals surface area contributed by atoms with Crippen LogP contribution in [0.5, 0.6) is 0 Å². The number of rotatable bonds is 0. The molecular formula is H3NaO4S. The average molecular weight is 122 g/mol. The monoisotopic (exact) mass is 122 g/mol. The second-order valence-corrected chi connectivity index (χ2v) is 0.245. The molecule has 0 aliphatic rings. The van der Waals surface area contributed by atoms with Gasteiger partial charge in [0.05, 0.1) is 0 Å². The Morgan fingerprint density at radius 2 is 1.17 bits per heavy atom. The van der Waals surface area contributed by atoms with Gasteiger partial charge in [0, 0.05) is 0 Å². The minimum Gasteiger partial charge on any atom is -0.727 e. The Morgan fingerprint density at radius 1 is 1.17 bits per heavy atom. The standard InChI is InChI=1S/Na.H2O2S.H2O2/c;1-3-2;1-2/h;1-2H;1-2H/q+1;;/p-1. The van der Waals surface area contributed by atoms with Crippen LogP contribution < -0.4 is 34.8 Å². The van der Waals surface area contributed by atoms with Gasteiger partial charge in [-0.05, 0) is 0 Å². The van der Waals surface area contributed by atoms with E-state index >= 15 is 0 Å². The Hall–Kier alpha value is 1.19. The zero-order chi connectivity index (χ0) is 4.71. The van der Waals surface area contributed by atoms with E-state index < -0.39 is 0 Å². The topological polar surface area (TPSA) is 83.8 Å². The van der Waals surface area contributed by atoms with Crippen LogP contribution in [0.1, 0.15) is 0 Å². The van der Waals surface area contributed by atoms with Gasteiger partial charge in [0.25, 0.3) is 0 Å². The fourth-order valence-electron chi connectivity index (χ4n) is 0. The molecule has 0 aliphatic carbocycles. The Labute approximate surface area is 61.4 Å². The molecule has 0 aromatic rings. The molecule has 0 aliphatic heterocycles. The quantitative estimate of drug-likeness (QED) is 0.134. The third-order valence-corrected chi connectivity index (χ3v) is 0. The van der Waals surface area contributed by atoms with Gasteiger partial charge < -0.3 is 19.6 Å². The Balaban J connectivity index is -0.0000000275. The fraction of sp³-hybridized carbons (Fsp3) is 0. The third-order valence-electron chi connectivity index (χ3n) is 0. The molecule has 6 heteroatoms. The number of hydrogen-bond donors (Lipinski definition) is 3. The number of hydrogen-bond acceptors (Lipinski definition) is 5. The molecule has 0 aromatic heterocycles. The molecule has 0 amide bonds. The van der Waals surface area contributed by atoms with Crippen LogP contribution in [-0.2, 0) is 0 Å². The first-order chi connectivity index (χ1) is 2.41. The summed E-state index contributed by atoms with van der Waals surface area (Å²) in [5.74, 6) is 0. The van der Waals surface area contributed by atoms with Crippen LogP contribution >= 0.6 is 12.3 Å². The summed E-state index contributed by atoms with van der Waals surface area (Å²) in [6, 6.07) is 0. The molecule has 0 unspecified atom stereocenters. The molecule has 0 fully saturated rings. The van der Waals surface area contributed by atoms with Crippen LogP contribution in [0.4, 0.5) is 0 Å². The molecule has 0 saturated carbocycles. The molecular weight excluding hydrogens is 119 g/mol. The molecule has 0 heterocycles. The summed E-state index contributed by atoms with van der Waals surface area (Å²) in [4.78, 5) is 0. The van der Waals surface area contributed by atoms with Crippen LogP contribution in [0.2, 0.25) is 0 Å². The molecule has 4 nitrogen and oxygen atoms in total. The fourth-order valence-corrected chi connectivity index (χ4v) is 0. The van der Waals surface area contributed by atoms with Crippen molar-refractivity contribution >= 4 is 12.3 Å². The minimum absolute atomic E-state index is 0. The van der Waals surface area contributed by atoms with E-state index in [0.717, 1.165) is 0 Å². The normalized spacial score (nSPS) is 4.00. The van der Waals surface area contributed by atoms with Crippen molar-refractivity contribution in [2.75, 3.05) is 0 Å². The van der Waals surface area contributed by atoms with E-state index in [-0.39, 0.29) is 41.9 Å². The van der Waals surface area contributed by atoms with E-state index in [2.05, 4.69) is 0 Å². The van der Waals surface area contributed by atoms with Crippen molar-refractivity contribution in [1.82, 2.24) is 0 Å². The van der Waals surface area contributed by atoms with E-state index in [1.807, 2.05) is 0 Å². The first-order valence-corrected chi connectivity index (χ1v) is 1.28. The van der Waals surface area contributed by atoms with Crippen LogP contribution in [-0.4, -0.2) is 14.4 Å². The van der Waals surface area contributed by atoms with Gasteiger partial charge in [-0.3, -0.25) is 0 Å². The SMILES string of the molecule is OSO.[Na+].[O-]O. The third kappa shape index (κ3) is 64.3. The van der Waals surface area contributed by atoms with Gasteiger partial charge in [-0.25, -0.2) is 0 Å². The second kappa shape index (κ2) is 34.8. The van der Waals surface area contributed by atoms with E-state index in [1.165, 1.54) is 0 Å². The summed E-state index contributed by atoms with van der Waals surface area (Å²) >= 11 is -0.250. The first-order valence-electron chi connectivity index (χ1n) is 0.548. The van der Waals surface area contributed by atoms with Crippen LogP contribution in [0.3, 0.4) is 0 Å². The molecule has 0 saturated heterocycles. The maximum absolute atomic E-state index is 7.25. The molecule has 0 radical (unpaired) electrons. The van der Waals surface area contributed by atoms with Crippen molar-refractivity contribution in [2.24, 2.45) is 0 Å². The summed E-state index contributed by atoms with van der Waals surface area (Å²) < 4.78 is 14.1. The molecule has 3 N–H and O–H groups in total. The maximum atomic E-state index is 7.25. The molecule has 0 spiro atoms. The van der Waals surface area contributed by atoms with E-state index in [4.69, 9.17) is 19.6 Å². The largest absolute Gasteiger partial charge is 1.00 e. The Kier molecular flexibility index (Phi) is 90.9. The summed E-state index contributed by atoms with van der Waals surface area (Å²) in [6.45, 7) is 0. The van der Waals surface area contributed by atoms with E-state index in [9.17, 15) is 0 Å². The van der Waals surface area contributed by atoms with Gasteiger partial charge in [-0.15, -0.1) is 0 Å². The van der Waals surface area contributed by atoms with Gasteiger partial charge in [0.1, 0.15) is 0 Å². The summed E-state index contributed by atoms with van der Waals surface area (Å²) in [7, 11) is 0. The van der Waals surface area contributed by atoms with Crippen molar-refractivity contribution < 1.29 is 49.2 Å². The van der Waals surface area contributed by atoms with Crippen LogP contribution in [0, 0.1) is 0 Å². The smallest absolute Gasteiger partial charge is 0.727 e. The first kappa shape index (κ1) is 15.7. The second-order valence-electron chi connectivity index (χ2n) is 0.0816. The molecule has 34 valence electrons. The van der Waals surface area contributed by atoms with Crippen molar-refractivity contribution in [1.29, 1.82) is 0 Å². The molecule has 6 heavy (non-hydrogen) atoms. The zero-order valence-corrected chi connectivity index (χ0v) is 5.97. The van der Waals surface area contributed by atoms with Crippen LogP contribution in [0.15, 0.2) is 0 Å². The van der Waals surface area contributed by atoms with Gasteiger partial charge >= 0.3 is 29.6 Å². The van der Waals surface area contributed by atoms with Gasteiger partial charge in [-0.2, -0.15) is 0 Å². The molecule has 0 rings (SSSR count). The van der Waals surface area contributed by atoms with E-state index in [1.54, 1.807) is 0 Å². The van der Waals surface area contributed by atoms with Gasteiger partial charge in [-0.1, -0.05) is 0 Å². The van der Waals surface area contributed by atoms with Crippen LogP contribution in [0.25, 0.3) is 0 Å². The average Bonchev–Trinajstić information content (AvgIpc) is 1.46.